The Bertz CT molecular complexity index is 1250. The van der Waals surface area contributed by atoms with E-state index in [4.69, 9.17) is 21.1 Å². The Kier molecular flexibility index (Phi) is 10.4. The number of benzene rings is 3. The van der Waals surface area contributed by atoms with Gasteiger partial charge in [-0.15, -0.1) is 0 Å². The molecule has 0 saturated heterocycles. The van der Waals surface area contributed by atoms with Gasteiger partial charge in [-0.1, -0.05) is 41.9 Å². The molecule has 0 bridgehead atoms. The molecule has 0 aromatic heterocycles. The lowest BCUT2D eigenvalue weighted by molar-refractivity contribution is -0.120. The highest BCUT2D eigenvalue weighted by Gasteiger charge is 2.16. The minimum atomic E-state index is -0.576. The SMILES string of the molecule is CC(C)(C)OC(=O)NCc1cccc(Oc2cc(Cl)ccc2NCCC(=O)NCCc2ccccc2F)c1. The largest absolute Gasteiger partial charge is 0.455 e. The molecule has 0 unspecified atom stereocenters. The lowest BCUT2D eigenvalue weighted by Gasteiger charge is -2.19. The molecule has 2 amide bonds. The first-order chi connectivity index (χ1) is 18.1. The first-order valence-electron chi connectivity index (χ1n) is 12.4. The summed E-state index contributed by atoms with van der Waals surface area (Å²) in [6.07, 6.45) is 0.153. The van der Waals surface area contributed by atoms with Crippen LogP contribution in [0.15, 0.2) is 66.7 Å². The molecule has 0 aliphatic heterocycles. The molecule has 0 heterocycles. The monoisotopic (exact) mass is 541 g/mol. The van der Waals surface area contributed by atoms with E-state index in [1.54, 1.807) is 63.2 Å². The molecular formula is C29H33ClFN3O4. The van der Waals surface area contributed by atoms with Crippen molar-refractivity contribution in [2.75, 3.05) is 18.4 Å². The molecule has 3 N–H and O–H groups in total. The van der Waals surface area contributed by atoms with Crippen molar-refractivity contribution in [3.05, 3.63) is 88.7 Å². The summed E-state index contributed by atoms with van der Waals surface area (Å²) in [4.78, 5) is 24.2. The van der Waals surface area contributed by atoms with Crippen LogP contribution >= 0.6 is 11.6 Å². The maximum atomic E-state index is 13.7. The van der Waals surface area contributed by atoms with Crippen LogP contribution in [0.1, 0.15) is 38.3 Å². The van der Waals surface area contributed by atoms with Crippen molar-refractivity contribution in [3.63, 3.8) is 0 Å². The lowest BCUT2D eigenvalue weighted by Crippen LogP contribution is -2.32. The summed E-state index contributed by atoms with van der Waals surface area (Å²) in [6.45, 7) is 6.41. The number of carbonyl (C=O) groups is 2. The van der Waals surface area contributed by atoms with E-state index in [9.17, 15) is 14.0 Å². The quantitative estimate of drug-likeness (QED) is 0.259. The summed E-state index contributed by atoms with van der Waals surface area (Å²) < 4.78 is 25.0. The minimum Gasteiger partial charge on any atom is -0.455 e. The predicted octanol–water partition coefficient (Wildman–Crippen LogP) is 6.46. The topological polar surface area (TPSA) is 88.7 Å². The van der Waals surface area contributed by atoms with Gasteiger partial charge in [0.25, 0.3) is 0 Å². The number of alkyl carbamates (subject to hydrolysis) is 1. The number of rotatable bonds is 11. The first kappa shape index (κ1) is 28.8. The zero-order valence-corrected chi connectivity index (χ0v) is 22.5. The smallest absolute Gasteiger partial charge is 0.407 e. The highest BCUT2D eigenvalue weighted by atomic mass is 35.5. The number of hydrogen-bond donors (Lipinski definition) is 3. The number of halogens is 2. The summed E-state index contributed by atoms with van der Waals surface area (Å²) in [7, 11) is 0. The second-order valence-corrected chi connectivity index (χ2v) is 10.0. The Balaban J connectivity index is 1.51. The summed E-state index contributed by atoms with van der Waals surface area (Å²) in [5.74, 6) is 0.637. The van der Waals surface area contributed by atoms with Crippen molar-refractivity contribution in [2.45, 2.75) is 45.8 Å². The number of nitrogens with one attached hydrogen (secondary N) is 3. The van der Waals surface area contributed by atoms with E-state index < -0.39 is 11.7 Å². The van der Waals surface area contributed by atoms with E-state index in [0.29, 0.717) is 47.3 Å². The molecule has 202 valence electrons. The van der Waals surface area contributed by atoms with E-state index >= 15 is 0 Å². The van der Waals surface area contributed by atoms with Crippen LogP contribution in [0.2, 0.25) is 5.02 Å². The third-order valence-corrected chi connectivity index (χ3v) is 5.48. The molecule has 0 fully saturated rings. The van der Waals surface area contributed by atoms with Crippen molar-refractivity contribution >= 4 is 29.3 Å². The average molecular weight is 542 g/mol. The molecule has 38 heavy (non-hydrogen) atoms. The van der Waals surface area contributed by atoms with Gasteiger partial charge in [0.1, 0.15) is 17.2 Å². The van der Waals surface area contributed by atoms with E-state index in [2.05, 4.69) is 16.0 Å². The number of carbonyl (C=O) groups excluding carboxylic acids is 2. The highest BCUT2D eigenvalue weighted by molar-refractivity contribution is 6.30. The van der Waals surface area contributed by atoms with Gasteiger partial charge in [0.2, 0.25) is 5.91 Å². The molecule has 0 aliphatic carbocycles. The molecule has 0 spiro atoms. The van der Waals surface area contributed by atoms with Gasteiger partial charge in [-0.3, -0.25) is 4.79 Å². The third-order valence-electron chi connectivity index (χ3n) is 5.25. The van der Waals surface area contributed by atoms with Crippen LogP contribution in [0.4, 0.5) is 14.9 Å². The van der Waals surface area contributed by atoms with Crippen molar-refractivity contribution in [3.8, 4) is 11.5 Å². The number of amides is 2. The van der Waals surface area contributed by atoms with Gasteiger partial charge in [0, 0.05) is 37.1 Å². The molecule has 0 aliphatic rings. The maximum absolute atomic E-state index is 13.7. The molecule has 3 rings (SSSR count). The lowest BCUT2D eigenvalue weighted by atomic mass is 10.1. The zero-order valence-electron chi connectivity index (χ0n) is 21.8. The van der Waals surface area contributed by atoms with Gasteiger partial charge in [0.15, 0.2) is 5.75 Å². The first-order valence-corrected chi connectivity index (χ1v) is 12.7. The van der Waals surface area contributed by atoms with Crippen LogP contribution in [-0.4, -0.2) is 30.7 Å². The minimum absolute atomic E-state index is 0.143. The molecule has 0 saturated carbocycles. The summed E-state index contributed by atoms with van der Waals surface area (Å²) in [5, 5.41) is 9.24. The molecule has 3 aromatic carbocycles. The van der Waals surface area contributed by atoms with Crippen molar-refractivity contribution in [1.82, 2.24) is 10.6 Å². The Morgan fingerprint density at radius 1 is 0.947 bits per heavy atom. The van der Waals surface area contributed by atoms with E-state index in [1.807, 2.05) is 18.2 Å². The fourth-order valence-electron chi connectivity index (χ4n) is 3.50. The van der Waals surface area contributed by atoms with Gasteiger partial charge in [-0.25, -0.2) is 9.18 Å². The second-order valence-electron chi connectivity index (χ2n) is 9.61. The van der Waals surface area contributed by atoms with E-state index in [0.717, 1.165) is 5.56 Å². The molecule has 0 radical (unpaired) electrons. The normalized spacial score (nSPS) is 11.0. The van der Waals surface area contributed by atoms with Crippen molar-refractivity contribution < 1.29 is 23.5 Å². The summed E-state index contributed by atoms with van der Waals surface area (Å²) in [5.41, 5.74) is 1.49. The fraction of sp³-hybridized carbons (Fsp3) is 0.310. The second kappa shape index (κ2) is 13.7. The van der Waals surface area contributed by atoms with Crippen LogP contribution < -0.4 is 20.7 Å². The predicted molar refractivity (Wildman–Crippen MR) is 147 cm³/mol. The number of hydrogen-bond acceptors (Lipinski definition) is 5. The maximum Gasteiger partial charge on any atom is 0.407 e. The number of ether oxygens (including phenoxy) is 2. The molecule has 9 heteroatoms. The van der Waals surface area contributed by atoms with Gasteiger partial charge < -0.3 is 25.4 Å². The molecule has 0 atom stereocenters. The van der Waals surface area contributed by atoms with Gasteiger partial charge in [0.05, 0.1) is 5.69 Å². The Labute approximate surface area is 227 Å². The number of anilines is 1. The Morgan fingerprint density at radius 2 is 1.74 bits per heavy atom. The summed E-state index contributed by atoms with van der Waals surface area (Å²) >= 11 is 6.19. The molecule has 3 aromatic rings. The standard InChI is InChI=1S/C29H33ClFN3O4/c1-29(2,3)38-28(36)34-19-20-7-6-9-23(17-20)37-26-18-22(30)11-12-25(26)32-16-14-27(35)33-15-13-21-8-4-5-10-24(21)31/h4-12,17-18,32H,13-16,19H2,1-3H3,(H,33,35)(H,34,36). The molecular weight excluding hydrogens is 509 g/mol. The van der Waals surface area contributed by atoms with E-state index in [-0.39, 0.29) is 24.7 Å². The van der Waals surface area contributed by atoms with Gasteiger partial charge >= 0.3 is 6.09 Å². The molecule has 7 nitrogen and oxygen atoms in total. The zero-order chi connectivity index (χ0) is 27.5. The Morgan fingerprint density at radius 3 is 2.50 bits per heavy atom. The van der Waals surface area contributed by atoms with Crippen molar-refractivity contribution in [1.29, 1.82) is 0 Å². The highest BCUT2D eigenvalue weighted by Crippen LogP contribution is 2.32. The summed E-state index contributed by atoms with van der Waals surface area (Å²) in [6, 6.07) is 19.0. The Hall–Kier alpha value is -3.78. The average Bonchev–Trinajstić information content (AvgIpc) is 2.84. The van der Waals surface area contributed by atoms with E-state index in [1.165, 1.54) is 6.07 Å². The van der Waals surface area contributed by atoms with Crippen LogP contribution in [0.5, 0.6) is 11.5 Å². The van der Waals surface area contributed by atoms with Crippen LogP contribution in [0.3, 0.4) is 0 Å². The fourth-order valence-corrected chi connectivity index (χ4v) is 3.66. The third kappa shape index (κ3) is 9.94. The van der Waals surface area contributed by atoms with Crippen LogP contribution in [-0.2, 0) is 22.5 Å². The van der Waals surface area contributed by atoms with Gasteiger partial charge in [-0.05, 0) is 68.7 Å². The van der Waals surface area contributed by atoms with Crippen LogP contribution in [0.25, 0.3) is 0 Å². The van der Waals surface area contributed by atoms with Crippen molar-refractivity contribution in [2.24, 2.45) is 0 Å². The van der Waals surface area contributed by atoms with Crippen LogP contribution in [0, 0.1) is 5.82 Å². The van der Waals surface area contributed by atoms with Gasteiger partial charge in [-0.2, -0.15) is 0 Å².